The molecule has 63 heavy (non-hydrogen) atoms. The largest absolute Gasteiger partial charge is 0.481 e. The molecule has 0 amide bonds. The highest BCUT2D eigenvalue weighted by molar-refractivity contribution is 5.78. The third kappa shape index (κ3) is 7.43. The van der Waals surface area contributed by atoms with E-state index in [9.17, 15) is 40.5 Å². The van der Waals surface area contributed by atoms with Crippen LogP contribution in [0.15, 0.2) is 42.0 Å². The number of allylic oxidation sites excluding steroid dienone is 2. The maximum atomic E-state index is 13.9. The first-order valence-electron chi connectivity index (χ1n) is 24.8. The SMILES string of the molecule is CCCCCC1CC2(C(=O)O)C(O)CC(C)(CO)CC2C2=CCC3C4(C5CCCCC5)CC(OCc5ccccc5)C(OC5OCC(O)C(O)C5O)C(C)(CO)C4CCC3(C)C21C. The molecule has 0 spiro atoms. The maximum absolute atomic E-state index is 13.9. The third-order valence-electron chi connectivity index (χ3n) is 19.8. The number of carboxylic acid groups (broad SMARTS) is 1. The van der Waals surface area contributed by atoms with E-state index in [1.165, 1.54) is 12.0 Å². The van der Waals surface area contributed by atoms with Crippen molar-refractivity contribution in [3.05, 3.63) is 47.5 Å². The molecule has 1 aliphatic heterocycles. The maximum Gasteiger partial charge on any atom is 0.312 e. The van der Waals surface area contributed by atoms with Gasteiger partial charge in [0.15, 0.2) is 6.29 Å². The van der Waals surface area contributed by atoms with Gasteiger partial charge in [-0.15, -0.1) is 0 Å². The minimum absolute atomic E-state index is 0.00183. The molecule has 0 aromatic heterocycles. The topological polar surface area (TPSA) is 186 Å². The number of carbonyl (C=O) groups is 1. The van der Waals surface area contributed by atoms with Gasteiger partial charge in [-0.2, -0.15) is 0 Å². The molecule has 1 heterocycles. The minimum Gasteiger partial charge on any atom is -0.481 e. The summed E-state index contributed by atoms with van der Waals surface area (Å²) in [6.45, 7) is 11.2. The summed E-state index contributed by atoms with van der Waals surface area (Å²) >= 11 is 0. The normalized spacial score (nSPS) is 47.7. The fourth-order valence-electron chi connectivity index (χ4n) is 16.4. The van der Waals surface area contributed by atoms with Crippen LogP contribution < -0.4 is 0 Å². The zero-order valence-electron chi connectivity index (χ0n) is 38.8. The first-order valence-corrected chi connectivity index (χ1v) is 24.8. The Hall–Kier alpha value is -1.93. The molecular formula is C52H80O11. The van der Waals surface area contributed by atoms with E-state index in [4.69, 9.17) is 14.2 Å². The number of rotatable bonds is 13. The molecule has 8 rings (SSSR count). The number of ether oxygens (including phenoxy) is 3. The van der Waals surface area contributed by atoms with Crippen LogP contribution in [-0.4, -0.2) is 104 Å². The highest BCUT2D eigenvalue weighted by Crippen LogP contribution is 2.79. The molecule has 1 aromatic rings. The summed E-state index contributed by atoms with van der Waals surface area (Å²) in [6.07, 6.45) is 8.61. The summed E-state index contributed by atoms with van der Waals surface area (Å²) in [5.41, 5.74) is -1.56. The average molecular weight is 881 g/mol. The van der Waals surface area contributed by atoms with Crippen LogP contribution in [0, 0.1) is 62.1 Å². The van der Waals surface area contributed by atoms with Gasteiger partial charge in [0.25, 0.3) is 0 Å². The Labute approximate surface area is 376 Å². The van der Waals surface area contributed by atoms with Crippen LogP contribution >= 0.6 is 0 Å². The molecule has 1 aromatic carbocycles. The summed E-state index contributed by atoms with van der Waals surface area (Å²) in [6, 6.07) is 10.1. The fourth-order valence-corrected chi connectivity index (χ4v) is 16.4. The molecule has 1 saturated heterocycles. The van der Waals surface area contributed by atoms with Crippen molar-refractivity contribution in [2.45, 2.75) is 187 Å². The van der Waals surface area contributed by atoms with Crippen molar-refractivity contribution < 1.29 is 54.8 Å². The van der Waals surface area contributed by atoms with Crippen LogP contribution in [0.1, 0.15) is 143 Å². The molecule has 5 saturated carbocycles. The Kier molecular flexibility index (Phi) is 13.5. The van der Waals surface area contributed by atoms with Crippen molar-refractivity contribution in [3.8, 4) is 0 Å². The van der Waals surface area contributed by atoms with Crippen molar-refractivity contribution in [3.63, 3.8) is 0 Å². The van der Waals surface area contributed by atoms with Crippen LogP contribution in [-0.2, 0) is 25.6 Å². The Balaban J connectivity index is 1.29. The standard InChI is InChI=1S/C52H80O11/c1-6-7-10-19-34-24-52(46(59)60)36(25-47(2,30-53)27-41(52)56)35-20-21-40-49(4,50(34,35)5)23-22-39-48(3,31-54)44(63-45-43(58)42(57)37(55)29-62-45)38(61-28-32-15-11-8-12-16-32)26-51(39,40)33-17-13-9-14-18-33/h8,11-12,15-16,20,33-34,36-45,53-58H,6-7,9-10,13-14,17-19,21-31H2,1-5H3,(H,59,60). The van der Waals surface area contributed by atoms with E-state index in [0.717, 1.165) is 76.2 Å². The average Bonchev–Trinajstić information content (AvgIpc) is 3.27. The van der Waals surface area contributed by atoms with E-state index in [-0.39, 0.29) is 54.8 Å². The number of carboxylic acids is 1. The van der Waals surface area contributed by atoms with Crippen molar-refractivity contribution in [2.75, 3.05) is 19.8 Å². The van der Waals surface area contributed by atoms with Gasteiger partial charge in [0, 0.05) is 12.0 Å². The molecule has 17 unspecified atom stereocenters. The van der Waals surface area contributed by atoms with E-state index >= 15 is 0 Å². The zero-order valence-corrected chi connectivity index (χ0v) is 38.8. The van der Waals surface area contributed by atoms with Gasteiger partial charge in [-0.3, -0.25) is 4.79 Å². The number of fused-ring (bicyclic) bond motifs is 7. The van der Waals surface area contributed by atoms with Gasteiger partial charge in [-0.1, -0.05) is 115 Å². The van der Waals surface area contributed by atoms with Gasteiger partial charge in [0.2, 0.25) is 0 Å². The second-order valence-corrected chi connectivity index (χ2v) is 22.8. The lowest BCUT2D eigenvalue weighted by Crippen LogP contribution is -2.73. The lowest BCUT2D eigenvalue weighted by Gasteiger charge is -2.75. The smallest absolute Gasteiger partial charge is 0.312 e. The lowest BCUT2D eigenvalue weighted by molar-refractivity contribution is -0.340. The first-order chi connectivity index (χ1) is 30.0. The van der Waals surface area contributed by atoms with Crippen LogP contribution in [0.3, 0.4) is 0 Å². The number of hydrogen-bond acceptors (Lipinski definition) is 10. The Morgan fingerprint density at radius 2 is 1.59 bits per heavy atom. The number of aliphatic hydroxyl groups is 6. The van der Waals surface area contributed by atoms with Crippen LogP contribution in [0.25, 0.3) is 0 Å². The Morgan fingerprint density at radius 1 is 0.857 bits per heavy atom. The van der Waals surface area contributed by atoms with Crippen molar-refractivity contribution in [1.82, 2.24) is 0 Å². The van der Waals surface area contributed by atoms with Gasteiger partial charge < -0.3 is 50.0 Å². The van der Waals surface area contributed by atoms with Gasteiger partial charge in [0.05, 0.1) is 38.1 Å². The Morgan fingerprint density at radius 3 is 2.25 bits per heavy atom. The molecule has 7 aliphatic rings. The number of unbranched alkanes of at least 4 members (excludes halogenated alkanes) is 2. The second kappa shape index (κ2) is 17.9. The molecule has 6 fully saturated rings. The summed E-state index contributed by atoms with van der Waals surface area (Å²) in [5.74, 6) is -0.799. The Bertz CT molecular complexity index is 1790. The predicted octanol–water partition coefficient (Wildman–Crippen LogP) is 7.17. The van der Waals surface area contributed by atoms with E-state index < -0.39 is 76.5 Å². The molecule has 0 radical (unpaired) electrons. The number of aliphatic carboxylic acids is 1. The summed E-state index contributed by atoms with van der Waals surface area (Å²) in [7, 11) is 0. The van der Waals surface area contributed by atoms with E-state index in [1.807, 2.05) is 37.3 Å². The number of hydrogen-bond donors (Lipinski definition) is 7. The van der Waals surface area contributed by atoms with Gasteiger partial charge >= 0.3 is 5.97 Å². The lowest BCUT2D eigenvalue weighted by atomic mass is 9.29. The minimum atomic E-state index is -1.49. The van der Waals surface area contributed by atoms with Crippen molar-refractivity contribution in [2.24, 2.45) is 62.1 Å². The van der Waals surface area contributed by atoms with Gasteiger partial charge in [-0.05, 0) is 121 Å². The molecule has 7 N–H and O–H groups in total. The number of aliphatic hydroxyl groups excluding tert-OH is 6. The quantitative estimate of drug-likeness (QED) is 0.0605. The highest BCUT2D eigenvalue weighted by atomic mass is 16.7. The summed E-state index contributed by atoms with van der Waals surface area (Å²) in [5, 5.41) is 78.7. The van der Waals surface area contributed by atoms with Crippen LogP contribution in [0.2, 0.25) is 0 Å². The first kappa shape index (κ1) is 47.6. The molecule has 0 bridgehead atoms. The van der Waals surface area contributed by atoms with Gasteiger partial charge in [0.1, 0.15) is 23.7 Å². The predicted molar refractivity (Wildman–Crippen MR) is 238 cm³/mol. The van der Waals surface area contributed by atoms with Gasteiger partial charge in [-0.25, -0.2) is 0 Å². The van der Waals surface area contributed by atoms with Crippen LogP contribution in [0.5, 0.6) is 0 Å². The summed E-state index contributed by atoms with van der Waals surface area (Å²) < 4.78 is 19.9. The van der Waals surface area contributed by atoms with Crippen molar-refractivity contribution >= 4 is 5.97 Å². The molecule has 17 atom stereocenters. The highest BCUT2D eigenvalue weighted by Gasteiger charge is 2.76. The molecule has 6 aliphatic carbocycles. The third-order valence-corrected chi connectivity index (χ3v) is 19.8. The molecule has 11 nitrogen and oxygen atoms in total. The second-order valence-electron chi connectivity index (χ2n) is 22.8. The summed E-state index contributed by atoms with van der Waals surface area (Å²) in [4.78, 5) is 13.9. The molecule has 11 heteroatoms. The van der Waals surface area contributed by atoms with E-state index in [2.05, 4.69) is 33.8 Å². The fraction of sp³-hybridized carbons (Fsp3) is 0.827. The monoisotopic (exact) mass is 881 g/mol. The number of benzene rings is 1. The van der Waals surface area contributed by atoms with Crippen molar-refractivity contribution in [1.29, 1.82) is 0 Å². The molecule has 354 valence electrons. The molecular weight excluding hydrogens is 801 g/mol. The zero-order chi connectivity index (χ0) is 45.2. The van der Waals surface area contributed by atoms with E-state index in [0.29, 0.717) is 31.8 Å². The van der Waals surface area contributed by atoms with E-state index in [1.54, 1.807) is 0 Å². The van der Waals surface area contributed by atoms with Crippen LogP contribution in [0.4, 0.5) is 0 Å².